The van der Waals surface area contributed by atoms with E-state index in [4.69, 9.17) is 31.4 Å². The van der Waals surface area contributed by atoms with E-state index >= 15 is 0 Å². The minimum atomic E-state index is -1.38. The van der Waals surface area contributed by atoms with Crippen molar-refractivity contribution < 1.29 is 39.4 Å². The van der Waals surface area contributed by atoms with Gasteiger partial charge in [0.1, 0.15) is 35.8 Å². The molecular formula is C30H59N7O8. The van der Waals surface area contributed by atoms with E-state index in [-0.39, 0.29) is 44.0 Å². The molecule has 262 valence electrons. The van der Waals surface area contributed by atoms with Gasteiger partial charge in [0.25, 0.3) is 0 Å². The minimum Gasteiger partial charge on any atom is -0.492 e. The molecule has 12 atom stereocenters. The second kappa shape index (κ2) is 16.1. The van der Waals surface area contributed by atoms with Crippen LogP contribution in [0.3, 0.4) is 0 Å². The number of likely N-dealkylation sites (N-methyl/N-ethyl adjacent to an activating group) is 1. The fraction of sp³-hybridized carbons (Fsp3) is 0.900. The second-order valence-corrected chi connectivity index (χ2v) is 14.2. The van der Waals surface area contributed by atoms with Crippen LogP contribution in [0.4, 0.5) is 0 Å². The zero-order valence-corrected chi connectivity index (χ0v) is 27.7. The van der Waals surface area contributed by atoms with Crippen LogP contribution in [-0.4, -0.2) is 152 Å². The summed E-state index contributed by atoms with van der Waals surface area (Å²) in [4.78, 5) is 15.0. The van der Waals surface area contributed by atoms with E-state index in [0.29, 0.717) is 18.7 Å². The summed E-state index contributed by atoms with van der Waals surface area (Å²) in [6.45, 7) is 7.53. The highest BCUT2D eigenvalue weighted by Gasteiger charge is 2.54. The standard InChI is InChI=1S/C30H59N7O8/c1-29(2,14-37(5)6)13-35-18-8-7-16(12-32)44-24(18)21-17(33)11-19(36-27(41)20(38)9-10-31)25(22(21)39)45-28-23(40)26(34-4)30(3,42)15-43-28/h7,17-26,28,34-35,38-40,42H,8-15,31-33H2,1-6H3,(H,36,41)/t17-,18+,19+,20-,21?,22-,23+,24-,25-,26+,28+,30-/m0/s1. The van der Waals surface area contributed by atoms with Gasteiger partial charge in [0.2, 0.25) is 5.91 Å². The highest BCUT2D eigenvalue weighted by Crippen LogP contribution is 2.37. The summed E-state index contributed by atoms with van der Waals surface area (Å²) in [6.07, 6.45) is -4.17. The first-order valence-corrected chi connectivity index (χ1v) is 16.0. The summed E-state index contributed by atoms with van der Waals surface area (Å²) in [7, 11) is 5.66. The first-order valence-electron chi connectivity index (χ1n) is 16.0. The van der Waals surface area contributed by atoms with Crippen LogP contribution in [0.25, 0.3) is 0 Å². The Balaban J connectivity index is 1.92. The Bertz CT molecular complexity index is 986. The number of hydrogen-bond acceptors (Lipinski definition) is 14. The van der Waals surface area contributed by atoms with Crippen LogP contribution < -0.4 is 33.2 Å². The monoisotopic (exact) mass is 645 g/mol. The molecule has 15 nitrogen and oxygen atoms in total. The lowest BCUT2D eigenvalue weighted by atomic mass is 9.72. The number of carbonyl (C=O) groups is 1. The van der Waals surface area contributed by atoms with Crippen LogP contribution in [-0.2, 0) is 19.0 Å². The average Bonchev–Trinajstić information content (AvgIpc) is 2.94. The molecule has 1 aliphatic carbocycles. The smallest absolute Gasteiger partial charge is 0.249 e. The van der Waals surface area contributed by atoms with Gasteiger partial charge >= 0.3 is 0 Å². The van der Waals surface area contributed by atoms with Crippen LogP contribution in [0, 0.1) is 11.3 Å². The first-order chi connectivity index (χ1) is 21.0. The third-order valence-corrected chi connectivity index (χ3v) is 9.10. The van der Waals surface area contributed by atoms with Crippen molar-refractivity contribution in [3.05, 3.63) is 11.8 Å². The summed E-state index contributed by atoms with van der Waals surface area (Å²) in [5, 5.41) is 53.5. The number of nitrogens with two attached hydrogens (primary N) is 3. The van der Waals surface area contributed by atoms with Crippen LogP contribution in [0.15, 0.2) is 11.8 Å². The van der Waals surface area contributed by atoms with E-state index in [2.05, 4.69) is 34.7 Å². The molecule has 0 aromatic heterocycles. The molecule has 2 fully saturated rings. The van der Waals surface area contributed by atoms with E-state index in [0.717, 1.165) is 6.54 Å². The zero-order chi connectivity index (χ0) is 33.7. The number of nitrogens with one attached hydrogen (secondary N) is 3. The van der Waals surface area contributed by atoms with Gasteiger partial charge < -0.3 is 72.7 Å². The third-order valence-electron chi connectivity index (χ3n) is 9.10. The Hall–Kier alpha value is -1.47. The van der Waals surface area contributed by atoms with Crippen molar-refractivity contribution in [1.29, 1.82) is 0 Å². The zero-order valence-electron chi connectivity index (χ0n) is 27.7. The maximum absolute atomic E-state index is 12.9. The summed E-state index contributed by atoms with van der Waals surface area (Å²) >= 11 is 0. The van der Waals surface area contributed by atoms with Crippen LogP contribution in [0.1, 0.15) is 40.0 Å². The van der Waals surface area contributed by atoms with Crippen molar-refractivity contribution >= 4 is 5.91 Å². The molecule has 0 radical (unpaired) electrons. The quantitative estimate of drug-likeness (QED) is 0.0882. The average molecular weight is 646 g/mol. The number of nitrogens with zero attached hydrogens (tertiary/aromatic N) is 1. The van der Waals surface area contributed by atoms with E-state index < -0.39 is 72.4 Å². The number of rotatable bonds is 14. The number of aliphatic hydroxyl groups is 4. The number of ether oxygens (including phenoxy) is 3. The number of aliphatic hydroxyl groups excluding tert-OH is 3. The predicted molar refractivity (Wildman–Crippen MR) is 169 cm³/mol. The summed E-state index contributed by atoms with van der Waals surface area (Å²) in [6, 6.07) is -2.52. The van der Waals surface area contributed by atoms with Crippen molar-refractivity contribution in [2.75, 3.05) is 53.9 Å². The maximum atomic E-state index is 12.9. The van der Waals surface area contributed by atoms with Gasteiger partial charge in [-0.2, -0.15) is 0 Å². The van der Waals surface area contributed by atoms with Gasteiger partial charge in [-0.25, -0.2) is 0 Å². The molecule has 15 heteroatoms. The molecule has 0 bridgehead atoms. The highest BCUT2D eigenvalue weighted by molar-refractivity contribution is 5.80. The third kappa shape index (κ3) is 9.55. The van der Waals surface area contributed by atoms with Crippen molar-refractivity contribution in [3.8, 4) is 0 Å². The number of hydrogen-bond donors (Lipinski definition) is 10. The van der Waals surface area contributed by atoms with Crippen LogP contribution >= 0.6 is 0 Å². The van der Waals surface area contributed by atoms with E-state index in [1.54, 1.807) is 7.05 Å². The van der Waals surface area contributed by atoms with Gasteiger partial charge in [-0.3, -0.25) is 4.79 Å². The molecule has 13 N–H and O–H groups in total. The summed E-state index contributed by atoms with van der Waals surface area (Å²) in [5.41, 5.74) is 16.8. The van der Waals surface area contributed by atoms with Crippen LogP contribution in [0.5, 0.6) is 0 Å². The minimum absolute atomic E-state index is 0.0479. The Morgan fingerprint density at radius 2 is 1.93 bits per heavy atom. The Morgan fingerprint density at radius 1 is 1.24 bits per heavy atom. The molecule has 1 saturated heterocycles. The normalized spacial score (nSPS) is 38.4. The second-order valence-electron chi connectivity index (χ2n) is 14.2. The van der Waals surface area contributed by atoms with E-state index in [9.17, 15) is 25.2 Å². The Morgan fingerprint density at radius 3 is 2.53 bits per heavy atom. The number of carbonyl (C=O) groups excluding carboxylic acids is 1. The molecule has 0 spiro atoms. The molecule has 1 amide bonds. The maximum Gasteiger partial charge on any atom is 0.249 e. The van der Waals surface area contributed by atoms with Crippen LogP contribution in [0.2, 0.25) is 0 Å². The summed E-state index contributed by atoms with van der Waals surface area (Å²) in [5.74, 6) is -0.762. The molecule has 1 unspecified atom stereocenters. The van der Waals surface area contributed by atoms with Gasteiger partial charge in [0.15, 0.2) is 6.29 Å². The lowest BCUT2D eigenvalue weighted by molar-refractivity contribution is -0.297. The molecule has 0 aromatic rings. The van der Waals surface area contributed by atoms with Crippen molar-refractivity contribution in [2.24, 2.45) is 28.5 Å². The fourth-order valence-electron chi connectivity index (χ4n) is 7.03. The van der Waals surface area contributed by atoms with Gasteiger partial charge in [-0.1, -0.05) is 13.8 Å². The van der Waals surface area contributed by atoms with Gasteiger partial charge in [-0.15, -0.1) is 0 Å². The Kier molecular flexibility index (Phi) is 13.6. The van der Waals surface area contributed by atoms with E-state index in [1.807, 2.05) is 20.2 Å². The highest BCUT2D eigenvalue weighted by atomic mass is 16.7. The molecule has 3 rings (SSSR count). The lowest BCUT2D eigenvalue weighted by Gasteiger charge is -2.51. The van der Waals surface area contributed by atoms with E-state index in [1.165, 1.54) is 6.92 Å². The molecule has 1 saturated carbocycles. The first kappa shape index (κ1) is 38.0. The molecular weight excluding hydrogens is 586 g/mol. The molecule has 2 aliphatic heterocycles. The molecule has 3 aliphatic rings. The SMILES string of the molecule is CN[C@@H]1[C@@H](O)[C@@H](O[C@H]2[C@H](NC(=O)[C@@H](O)CCN)C[C@H](N)C([C@H]3OC(CN)=CC[C@H]3NCC(C)(C)CN(C)C)[C@@H]2O)OC[C@]1(C)O. The molecule has 2 heterocycles. The molecule has 0 aromatic carbocycles. The lowest BCUT2D eigenvalue weighted by Crippen LogP contribution is -2.70. The summed E-state index contributed by atoms with van der Waals surface area (Å²) < 4.78 is 18.4. The van der Waals surface area contributed by atoms with Crippen molar-refractivity contribution in [2.45, 2.75) is 107 Å². The predicted octanol–water partition coefficient (Wildman–Crippen LogP) is -3.49. The Labute approximate surface area is 267 Å². The fourth-order valence-corrected chi connectivity index (χ4v) is 7.03. The van der Waals surface area contributed by atoms with Crippen molar-refractivity contribution in [3.63, 3.8) is 0 Å². The molecule has 45 heavy (non-hydrogen) atoms. The van der Waals surface area contributed by atoms with Gasteiger partial charge in [-0.05, 0) is 65.4 Å². The van der Waals surface area contributed by atoms with Gasteiger partial charge in [0, 0.05) is 31.1 Å². The van der Waals surface area contributed by atoms with Crippen molar-refractivity contribution in [1.82, 2.24) is 20.9 Å². The number of amides is 1. The van der Waals surface area contributed by atoms with Gasteiger partial charge in [0.05, 0.1) is 31.3 Å². The topological polar surface area (TPSA) is 243 Å². The largest absolute Gasteiger partial charge is 0.492 e.